The Kier molecular flexibility index (Phi) is 4.68. The first-order valence-electron chi connectivity index (χ1n) is 5.57. The number of nitrogens with two attached hydrogens (primary N) is 1. The van der Waals surface area contributed by atoms with Crippen LogP contribution in [0.4, 0.5) is 5.69 Å². The highest BCUT2D eigenvalue weighted by molar-refractivity contribution is 7.80. The number of aromatic nitrogens is 1. The van der Waals surface area contributed by atoms with Crippen molar-refractivity contribution in [3.05, 3.63) is 24.0 Å². The van der Waals surface area contributed by atoms with Crippen molar-refractivity contribution in [3.8, 4) is 0 Å². The third-order valence-corrected chi connectivity index (χ3v) is 3.11. The maximum absolute atomic E-state index is 5.54. The first-order valence-corrected chi connectivity index (χ1v) is 5.97. The molecule has 0 amide bonds. The summed E-state index contributed by atoms with van der Waals surface area (Å²) in [6, 6.07) is 4.24. The number of nitrogens with zero attached hydrogens (tertiary/aromatic N) is 1. The second kappa shape index (κ2) is 5.80. The molecule has 0 aliphatic heterocycles. The summed E-state index contributed by atoms with van der Waals surface area (Å²) >= 11 is 4.90. The lowest BCUT2D eigenvalue weighted by Gasteiger charge is -2.21. The van der Waals surface area contributed by atoms with E-state index in [9.17, 15) is 0 Å². The molecule has 0 aliphatic carbocycles. The van der Waals surface area contributed by atoms with Crippen molar-refractivity contribution in [3.63, 3.8) is 0 Å². The molecule has 1 rings (SSSR count). The number of pyridine rings is 1. The molecule has 2 atom stereocenters. The molecule has 3 nitrogen and oxygen atoms in total. The molecule has 0 aromatic carbocycles. The quantitative estimate of drug-likeness (QED) is 0.773. The molecular formula is C12H19N3S. The monoisotopic (exact) mass is 237 g/mol. The maximum Gasteiger partial charge on any atom is 0.122 e. The molecule has 0 aliphatic rings. The van der Waals surface area contributed by atoms with Crippen molar-refractivity contribution in [1.29, 1.82) is 0 Å². The van der Waals surface area contributed by atoms with Crippen LogP contribution in [0.15, 0.2) is 18.3 Å². The molecule has 0 spiro atoms. The molecule has 88 valence electrons. The van der Waals surface area contributed by atoms with Crippen LogP contribution in [-0.4, -0.2) is 16.0 Å². The van der Waals surface area contributed by atoms with Gasteiger partial charge in [0.2, 0.25) is 0 Å². The summed E-state index contributed by atoms with van der Waals surface area (Å²) in [6.45, 7) is 6.60. The zero-order valence-electron chi connectivity index (χ0n) is 10.0. The first kappa shape index (κ1) is 12.9. The SMILES string of the molecule is CCC(C)C(C)Nc1ccnc(C(N)=S)c1. The highest BCUT2D eigenvalue weighted by atomic mass is 32.1. The van der Waals surface area contributed by atoms with Gasteiger partial charge in [-0.15, -0.1) is 0 Å². The molecule has 4 heteroatoms. The third-order valence-electron chi connectivity index (χ3n) is 2.90. The van der Waals surface area contributed by atoms with E-state index in [0.717, 1.165) is 12.1 Å². The number of anilines is 1. The van der Waals surface area contributed by atoms with Crippen LogP contribution >= 0.6 is 12.2 Å². The summed E-state index contributed by atoms with van der Waals surface area (Å²) in [4.78, 5) is 4.44. The maximum atomic E-state index is 5.54. The number of hydrogen-bond donors (Lipinski definition) is 2. The Bertz CT molecular complexity index is 365. The van der Waals surface area contributed by atoms with Gasteiger partial charge in [-0.3, -0.25) is 4.98 Å². The average molecular weight is 237 g/mol. The van der Waals surface area contributed by atoms with Crippen LogP contribution in [0.5, 0.6) is 0 Å². The molecule has 1 aromatic heterocycles. The Balaban J connectivity index is 2.74. The minimum atomic E-state index is 0.333. The zero-order valence-corrected chi connectivity index (χ0v) is 10.8. The molecule has 0 bridgehead atoms. The van der Waals surface area contributed by atoms with Crippen molar-refractivity contribution < 1.29 is 0 Å². The second-order valence-electron chi connectivity index (χ2n) is 4.11. The van der Waals surface area contributed by atoms with Crippen molar-refractivity contribution in [1.82, 2.24) is 4.98 Å². The highest BCUT2D eigenvalue weighted by Gasteiger charge is 2.10. The molecule has 0 radical (unpaired) electrons. The summed E-state index contributed by atoms with van der Waals surface area (Å²) in [7, 11) is 0. The summed E-state index contributed by atoms with van der Waals surface area (Å²) in [6.07, 6.45) is 2.88. The fourth-order valence-electron chi connectivity index (χ4n) is 1.41. The van der Waals surface area contributed by atoms with Gasteiger partial charge in [-0.25, -0.2) is 0 Å². The van der Waals surface area contributed by atoms with Gasteiger partial charge in [0, 0.05) is 17.9 Å². The average Bonchev–Trinajstić information content (AvgIpc) is 2.28. The van der Waals surface area contributed by atoms with Gasteiger partial charge in [-0.05, 0) is 25.0 Å². The standard InChI is InChI=1S/C12H19N3S/c1-4-8(2)9(3)15-10-5-6-14-11(7-10)12(13)16/h5-9H,4H2,1-3H3,(H2,13,16)(H,14,15). The molecule has 2 unspecified atom stereocenters. The molecule has 0 saturated heterocycles. The van der Waals surface area contributed by atoms with Gasteiger partial charge in [0.15, 0.2) is 0 Å². The van der Waals surface area contributed by atoms with E-state index in [0.29, 0.717) is 22.6 Å². The Morgan fingerprint density at radius 1 is 1.56 bits per heavy atom. The van der Waals surface area contributed by atoms with Gasteiger partial charge in [0.1, 0.15) is 4.99 Å². The Morgan fingerprint density at radius 2 is 2.25 bits per heavy atom. The lowest BCUT2D eigenvalue weighted by molar-refractivity contribution is 0.494. The first-order chi connectivity index (χ1) is 7.54. The summed E-state index contributed by atoms with van der Waals surface area (Å²) in [5.41, 5.74) is 7.22. The predicted octanol–water partition coefficient (Wildman–Crippen LogP) is 2.56. The van der Waals surface area contributed by atoms with Gasteiger partial charge in [0.25, 0.3) is 0 Å². The van der Waals surface area contributed by atoms with Gasteiger partial charge in [-0.1, -0.05) is 32.5 Å². The molecule has 3 N–H and O–H groups in total. The van der Waals surface area contributed by atoms with Crippen LogP contribution in [-0.2, 0) is 0 Å². The van der Waals surface area contributed by atoms with Gasteiger partial charge < -0.3 is 11.1 Å². The van der Waals surface area contributed by atoms with Crippen LogP contribution in [0.1, 0.15) is 32.9 Å². The Hall–Kier alpha value is -1.16. The number of thiocarbonyl (C=S) groups is 1. The lowest BCUT2D eigenvalue weighted by atomic mass is 10.0. The van der Waals surface area contributed by atoms with E-state index in [-0.39, 0.29) is 0 Å². The van der Waals surface area contributed by atoms with Gasteiger partial charge in [0.05, 0.1) is 5.69 Å². The summed E-state index contributed by atoms with van der Waals surface area (Å²) in [5, 5.41) is 3.43. The van der Waals surface area contributed by atoms with Crippen LogP contribution in [0, 0.1) is 5.92 Å². The highest BCUT2D eigenvalue weighted by Crippen LogP contribution is 2.15. The lowest BCUT2D eigenvalue weighted by Crippen LogP contribution is -2.23. The van der Waals surface area contributed by atoms with Crippen molar-refractivity contribution in [2.24, 2.45) is 11.7 Å². The predicted molar refractivity (Wildman–Crippen MR) is 72.7 cm³/mol. The van der Waals surface area contributed by atoms with Gasteiger partial charge in [-0.2, -0.15) is 0 Å². The van der Waals surface area contributed by atoms with E-state index in [1.807, 2.05) is 12.1 Å². The molecule has 0 fully saturated rings. The molecular weight excluding hydrogens is 218 g/mol. The third kappa shape index (κ3) is 3.45. The second-order valence-corrected chi connectivity index (χ2v) is 4.55. The van der Waals surface area contributed by atoms with Crippen LogP contribution < -0.4 is 11.1 Å². The van der Waals surface area contributed by atoms with Crippen LogP contribution in [0.3, 0.4) is 0 Å². The topological polar surface area (TPSA) is 50.9 Å². The smallest absolute Gasteiger partial charge is 0.122 e. The van der Waals surface area contributed by atoms with E-state index in [4.69, 9.17) is 18.0 Å². The van der Waals surface area contributed by atoms with Crippen molar-refractivity contribution in [2.45, 2.75) is 33.2 Å². The van der Waals surface area contributed by atoms with E-state index in [2.05, 4.69) is 31.1 Å². The van der Waals surface area contributed by atoms with Gasteiger partial charge >= 0.3 is 0 Å². The molecule has 1 heterocycles. The zero-order chi connectivity index (χ0) is 12.1. The minimum absolute atomic E-state index is 0.333. The Morgan fingerprint density at radius 3 is 2.81 bits per heavy atom. The van der Waals surface area contributed by atoms with Crippen LogP contribution in [0.2, 0.25) is 0 Å². The van der Waals surface area contributed by atoms with Crippen molar-refractivity contribution in [2.75, 3.05) is 5.32 Å². The number of nitrogens with one attached hydrogen (secondary N) is 1. The molecule has 0 saturated carbocycles. The fraction of sp³-hybridized carbons (Fsp3) is 0.500. The minimum Gasteiger partial charge on any atom is -0.388 e. The van der Waals surface area contributed by atoms with E-state index >= 15 is 0 Å². The largest absolute Gasteiger partial charge is 0.388 e. The Labute approximate surface area is 102 Å². The fourth-order valence-corrected chi connectivity index (χ4v) is 1.53. The molecule has 1 aromatic rings. The summed E-state index contributed by atoms with van der Waals surface area (Å²) < 4.78 is 0. The number of hydrogen-bond acceptors (Lipinski definition) is 3. The molecule has 16 heavy (non-hydrogen) atoms. The number of rotatable bonds is 5. The van der Waals surface area contributed by atoms with E-state index in [1.165, 1.54) is 0 Å². The summed E-state index contributed by atoms with van der Waals surface area (Å²) in [5.74, 6) is 0.626. The van der Waals surface area contributed by atoms with E-state index < -0.39 is 0 Å². The van der Waals surface area contributed by atoms with Crippen LogP contribution in [0.25, 0.3) is 0 Å². The normalized spacial score (nSPS) is 14.2. The van der Waals surface area contributed by atoms with E-state index in [1.54, 1.807) is 6.20 Å². The van der Waals surface area contributed by atoms with Crippen molar-refractivity contribution >= 4 is 22.9 Å².